The maximum Gasteiger partial charge on any atom is 0.240 e. The summed E-state index contributed by atoms with van der Waals surface area (Å²) in [6, 6.07) is 0.0833. The fourth-order valence-corrected chi connectivity index (χ4v) is 1.12. The molecule has 1 aliphatic rings. The van der Waals surface area contributed by atoms with E-state index in [0.29, 0.717) is 6.54 Å². The Morgan fingerprint density at radius 1 is 1.50 bits per heavy atom. The van der Waals surface area contributed by atoms with Crippen LogP contribution in [0.4, 0.5) is 0 Å². The Morgan fingerprint density at radius 2 is 2.00 bits per heavy atom. The maximum absolute atomic E-state index is 10.9. The molecule has 0 radical (unpaired) electrons. The summed E-state index contributed by atoms with van der Waals surface area (Å²) in [6.07, 6.45) is 0. The number of amides is 2. The molecule has 68 valence electrons. The van der Waals surface area contributed by atoms with Crippen molar-refractivity contribution in [1.82, 2.24) is 10.2 Å². The molecule has 1 aliphatic heterocycles. The SMILES string of the molecule is CC(CN)N1CC(=O)NC(=O)C1. The number of piperazine rings is 1. The van der Waals surface area contributed by atoms with Gasteiger partial charge in [0.25, 0.3) is 0 Å². The van der Waals surface area contributed by atoms with Crippen LogP contribution in [0.3, 0.4) is 0 Å². The van der Waals surface area contributed by atoms with E-state index < -0.39 is 0 Å². The van der Waals surface area contributed by atoms with Crippen LogP contribution in [-0.4, -0.2) is 42.4 Å². The van der Waals surface area contributed by atoms with Crippen molar-refractivity contribution < 1.29 is 9.59 Å². The summed E-state index contributed by atoms with van der Waals surface area (Å²) in [7, 11) is 0. The van der Waals surface area contributed by atoms with Crippen molar-refractivity contribution in [1.29, 1.82) is 0 Å². The van der Waals surface area contributed by atoms with Gasteiger partial charge in [0, 0.05) is 12.6 Å². The smallest absolute Gasteiger partial charge is 0.240 e. The molecule has 5 nitrogen and oxygen atoms in total. The minimum absolute atomic E-state index is 0.0833. The van der Waals surface area contributed by atoms with Crippen LogP contribution in [0.1, 0.15) is 6.92 Å². The van der Waals surface area contributed by atoms with E-state index in [9.17, 15) is 9.59 Å². The Morgan fingerprint density at radius 3 is 2.42 bits per heavy atom. The quantitative estimate of drug-likeness (QED) is 0.485. The van der Waals surface area contributed by atoms with Gasteiger partial charge >= 0.3 is 0 Å². The summed E-state index contributed by atoms with van der Waals surface area (Å²) < 4.78 is 0. The number of imide groups is 1. The first-order valence-corrected chi connectivity index (χ1v) is 3.90. The van der Waals surface area contributed by atoms with Crippen molar-refractivity contribution in [2.75, 3.05) is 19.6 Å². The van der Waals surface area contributed by atoms with Gasteiger partial charge in [-0.1, -0.05) is 0 Å². The highest BCUT2D eigenvalue weighted by Gasteiger charge is 2.24. The molecular weight excluding hydrogens is 158 g/mol. The predicted octanol–water partition coefficient (Wildman–Crippen LogP) is -1.71. The van der Waals surface area contributed by atoms with Gasteiger partial charge in [0.1, 0.15) is 0 Å². The molecule has 0 spiro atoms. The Kier molecular flexibility index (Phi) is 2.78. The molecule has 0 bridgehead atoms. The molecule has 12 heavy (non-hydrogen) atoms. The van der Waals surface area contributed by atoms with Crippen molar-refractivity contribution in [3.05, 3.63) is 0 Å². The zero-order valence-corrected chi connectivity index (χ0v) is 7.04. The van der Waals surface area contributed by atoms with Crippen LogP contribution in [-0.2, 0) is 9.59 Å². The van der Waals surface area contributed by atoms with Gasteiger partial charge in [0.15, 0.2) is 0 Å². The number of carbonyl (C=O) groups is 2. The van der Waals surface area contributed by atoms with E-state index in [4.69, 9.17) is 5.73 Å². The number of nitrogens with zero attached hydrogens (tertiary/aromatic N) is 1. The molecular formula is C7H13N3O2. The van der Waals surface area contributed by atoms with Gasteiger partial charge in [-0.05, 0) is 6.92 Å². The number of nitrogens with one attached hydrogen (secondary N) is 1. The fraction of sp³-hybridized carbons (Fsp3) is 0.714. The van der Waals surface area contributed by atoms with E-state index in [-0.39, 0.29) is 30.9 Å². The van der Waals surface area contributed by atoms with Gasteiger partial charge in [-0.15, -0.1) is 0 Å². The lowest BCUT2D eigenvalue weighted by Crippen LogP contribution is -2.55. The third-order valence-electron chi connectivity index (χ3n) is 1.94. The molecule has 3 N–H and O–H groups in total. The molecule has 1 saturated heterocycles. The van der Waals surface area contributed by atoms with Crippen LogP contribution in [0.5, 0.6) is 0 Å². The van der Waals surface area contributed by atoms with Crippen molar-refractivity contribution in [3.8, 4) is 0 Å². The van der Waals surface area contributed by atoms with Crippen LogP contribution in [0, 0.1) is 0 Å². The van der Waals surface area contributed by atoms with E-state index in [1.165, 1.54) is 0 Å². The average molecular weight is 171 g/mol. The minimum Gasteiger partial charge on any atom is -0.329 e. The summed E-state index contributed by atoms with van der Waals surface area (Å²) >= 11 is 0. The molecule has 0 aromatic heterocycles. The van der Waals surface area contributed by atoms with Gasteiger partial charge in [-0.3, -0.25) is 19.8 Å². The molecule has 0 saturated carbocycles. The standard InChI is InChI=1S/C7H13N3O2/c1-5(2-8)10-3-6(11)9-7(12)4-10/h5H,2-4,8H2,1H3,(H,9,11,12). The lowest BCUT2D eigenvalue weighted by molar-refractivity contribution is -0.136. The number of nitrogens with two attached hydrogens (primary N) is 1. The molecule has 0 aromatic rings. The lowest BCUT2D eigenvalue weighted by Gasteiger charge is -2.29. The molecule has 5 heteroatoms. The largest absolute Gasteiger partial charge is 0.329 e. The Bertz CT molecular complexity index is 189. The second kappa shape index (κ2) is 3.64. The highest BCUT2D eigenvalue weighted by Crippen LogP contribution is 2.00. The Balaban J connectivity index is 2.55. The first kappa shape index (κ1) is 9.15. The van der Waals surface area contributed by atoms with Crippen LogP contribution in [0.25, 0.3) is 0 Å². The second-order valence-electron chi connectivity index (χ2n) is 2.96. The third kappa shape index (κ3) is 2.02. The van der Waals surface area contributed by atoms with E-state index >= 15 is 0 Å². The molecule has 2 amide bonds. The summed E-state index contributed by atoms with van der Waals surface area (Å²) in [5.74, 6) is -0.488. The van der Waals surface area contributed by atoms with Crippen LogP contribution >= 0.6 is 0 Å². The van der Waals surface area contributed by atoms with Crippen LogP contribution < -0.4 is 11.1 Å². The lowest BCUT2D eigenvalue weighted by atomic mass is 10.2. The number of hydrogen-bond donors (Lipinski definition) is 2. The summed E-state index contributed by atoms with van der Waals surface area (Å²) in [5, 5.41) is 2.23. The molecule has 1 rings (SSSR count). The van der Waals surface area contributed by atoms with Crippen molar-refractivity contribution in [3.63, 3.8) is 0 Å². The van der Waals surface area contributed by atoms with Gasteiger partial charge in [0.2, 0.25) is 11.8 Å². The topological polar surface area (TPSA) is 75.4 Å². The van der Waals surface area contributed by atoms with Gasteiger partial charge in [-0.2, -0.15) is 0 Å². The van der Waals surface area contributed by atoms with Crippen LogP contribution in [0.2, 0.25) is 0 Å². The minimum atomic E-state index is -0.244. The molecule has 1 fully saturated rings. The molecule has 0 aliphatic carbocycles. The molecule has 1 heterocycles. The first-order valence-electron chi connectivity index (χ1n) is 3.90. The zero-order chi connectivity index (χ0) is 9.14. The molecule has 1 atom stereocenters. The summed E-state index contributed by atoms with van der Waals surface area (Å²) in [6.45, 7) is 2.89. The number of rotatable bonds is 2. The number of carbonyl (C=O) groups excluding carboxylic acids is 2. The van der Waals surface area contributed by atoms with Gasteiger partial charge in [0.05, 0.1) is 13.1 Å². The fourth-order valence-electron chi connectivity index (χ4n) is 1.12. The van der Waals surface area contributed by atoms with Crippen molar-refractivity contribution >= 4 is 11.8 Å². The first-order chi connectivity index (χ1) is 5.63. The van der Waals surface area contributed by atoms with E-state index in [1.54, 1.807) is 4.90 Å². The number of hydrogen-bond acceptors (Lipinski definition) is 4. The highest BCUT2D eigenvalue weighted by molar-refractivity contribution is 5.99. The van der Waals surface area contributed by atoms with E-state index in [1.807, 2.05) is 6.92 Å². The maximum atomic E-state index is 10.9. The monoisotopic (exact) mass is 171 g/mol. The normalized spacial score (nSPS) is 22.2. The van der Waals surface area contributed by atoms with Gasteiger partial charge in [-0.25, -0.2) is 0 Å². The summed E-state index contributed by atoms with van der Waals surface area (Å²) in [4.78, 5) is 23.5. The van der Waals surface area contributed by atoms with Crippen molar-refractivity contribution in [2.45, 2.75) is 13.0 Å². The highest BCUT2D eigenvalue weighted by atomic mass is 16.2. The zero-order valence-electron chi connectivity index (χ0n) is 7.04. The molecule has 1 unspecified atom stereocenters. The van der Waals surface area contributed by atoms with E-state index in [0.717, 1.165) is 0 Å². The average Bonchev–Trinajstić information content (AvgIpc) is 2.01. The third-order valence-corrected chi connectivity index (χ3v) is 1.94. The second-order valence-corrected chi connectivity index (χ2v) is 2.96. The Hall–Kier alpha value is -0.940. The van der Waals surface area contributed by atoms with E-state index in [2.05, 4.69) is 5.32 Å². The predicted molar refractivity (Wildman–Crippen MR) is 43.2 cm³/mol. The van der Waals surface area contributed by atoms with Crippen molar-refractivity contribution in [2.24, 2.45) is 5.73 Å². The summed E-state index contributed by atoms with van der Waals surface area (Å²) in [5.41, 5.74) is 5.41. The van der Waals surface area contributed by atoms with Gasteiger partial charge < -0.3 is 5.73 Å². The van der Waals surface area contributed by atoms with Crippen LogP contribution in [0.15, 0.2) is 0 Å². The Labute approximate surface area is 70.9 Å². The molecule has 0 aromatic carbocycles.